The van der Waals surface area contributed by atoms with Crippen LogP contribution in [0.1, 0.15) is 100 Å². The highest BCUT2D eigenvalue weighted by molar-refractivity contribution is 5.76. The first-order chi connectivity index (χ1) is 14.7. The summed E-state index contributed by atoms with van der Waals surface area (Å²) in [6.45, 7) is 18.3. The number of ether oxygens (including phenoxy) is 2. The Labute approximate surface area is 192 Å². The van der Waals surface area contributed by atoms with E-state index in [4.69, 9.17) is 9.47 Å². The third-order valence-electron chi connectivity index (χ3n) is 5.03. The molecule has 0 aromatic heterocycles. The first-order valence-corrected chi connectivity index (χ1v) is 12.4. The van der Waals surface area contributed by atoms with E-state index in [2.05, 4.69) is 31.4 Å². The average Bonchev–Trinajstić information content (AvgIpc) is 3.16. The maximum atomic E-state index is 12.2. The Bertz CT molecular complexity index is 460. The van der Waals surface area contributed by atoms with Crippen LogP contribution in [-0.2, 0) is 19.1 Å². The molecule has 6 nitrogen and oxygen atoms in total. The number of carbonyl (C=O) groups excluding carboxylic acids is 2. The quantitative estimate of drug-likeness (QED) is 0.288. The molecule has 1 saturated carbocycles. The maximum Gasteiger partial charge on any atom is 0.220 e. The summed E-state index contributed by atoms with van der Waals surface area (Å²) in [6.07, 6.45) is 5.99. The number of hydrogen-bond acceptors (Lipinski definition) is 5. The van der Waals surface area contributed by atoms with Crippen molar-refractivity contribution in [3.8, 4) is 0 Å². The molecule has 0 aromatic rings. The molecule has 1 aliphatic rings. The lowest BCUT2D eigenvalue weighted by Crippen LogP contribution is -2.38. The Balaban J connectivity index is 0. The number of hydrogen-bond donors (Lipinski definition) is 2. The van der Waals surface area contributed by atoms with Crippen LogP contribution in [0, 0.1) is 11.3 Å². The van der Waals surface area contributed by atoms with Crippen molar-refractivity contribution < 1.29 is 19.1 Å². The molecule has 1 rings (SSSR count). The first kappa shape index (κ1) is 32.2. The summed E-state index contributed by atoms with van der Waals surface area (Å²) in [5, 5.41) is 6.03. The molecule has 1 aliphatic carbocycles. The third kappa shape index (κ3) is 16.3. The second-order valence-corrected chi connectivity index (χ2v) is 8.82. The highest BCUT2D eigenvalue weighted by Crippen LogP contribution is 2.34. The van der Waals surface area contributed by atoms with Crippen LogP contribution in [0.4, 0.5) is 0 Å². The van der Waals surface area contributed by atoms with Crippen LogP contribution in [0.25, 0.3) is 0 Å². The van der Waals surface area contributed by atoms with E-state index in [0.29, 0.717) is 32.6 Å². The lowest BCUT2D eigenvalue weighted by molar-refractivity contribution is -0.230. The zero-order valence-corrected chi connectivity index (χ0v) is 22.0. The van der Waals surface area contributed by atoms with Gasteiger partial charge in [0, 0.05) is 38.8 Å². The van der Waals surface area contributed by atoms with Gasteiger partial charge in [-0.05, 0) is 44.6 Å². The van der Waals surface area contributed by atoms with Crippen molar-refractivity contribution in [1.82, 2.24) is 10.6 Å². The highest BCUT2D eigenvalue weighted by Gasteiger charge is 2.35. The third-order valence-corrected chi connectivity index (χ3v) is 5.03. The molecule has 31 heavy (non-hydrogen) atoms. The van der Waals surface area contributed by atoms with Gasteiger partial charge in [-0.2, -0.15) is 0 Å². The van der Waals surface area contributed by atoms with Crippen LogP contribution in [0.5, 0.6) is 0 Å². The van der Waals surface area contributed by atoms with E-state index in [9.17, 15) is 9.59 Å². The minimum atomic E-state index is -0.467. The van der Waals surface area contributed by atoms with Crippen LogP contribution in [0.2, 0.25) is 0 Å². The zero-order valence-electron chi connectivity index (χ0n) is 22.0. The summed E-state index contributed by atoms with van der Waals surface area (Å²) in [6, 6.07) is 0. The van der Waals surface area contributed by atoms with Gasteiger partial charge in [0.05, 0.1) is 13.2 Å². The SMILES string of the molecule is CC.CC.CNCCOC1(OCCNC(=O)CC(C)CC(C)(C)CC(C)=O)CCCC1. The molecule has 0 saturated heterocycles. The Morgan fingerprint density at radius 3 is 2.00 bits per heavy atom. The largest absolute Gasteiger partial charge is 0.354 e. The van der Waals surface area contributed by atoms with Crippen molar-refractivity contribution >= 4 is 11.7 Å². The normalized spacial score (nSPS) is 15.8. The fourth-order valence-electron chi connectivity index (χ4n) is 4.16. The van der Waals surface area contributed by atoms with Gasteiger partial charge >= 0.3 is 0 Å². The standard InChI is InChI=1S/C21H40N2O4.2C2H6/c1-17(15-20(3,4)16-18(2)24)14-19(25)23-11-13-27-21(8-6-7-9-21)26-12-10-22-5;2*1-2/h17,22H,6-16H2,1-5H3,(H,23,25);2*1-2H3. The predicted molar refractivity (Wildman–Crippen MR) is 130 cm³/mol. The fourth-order valence-corrected chi connectivity index (χ4v) is 4.16. The number of carbonyl (C=O) groups is 2. The van der Waals surface area contributed by atoms with E-state index in [-0.39, 0.29) is 23.0 Å². The molecule has 0 spiro atoms. The molecule has 0 radical (unpaired) electrons. The molecule has 1 unspecified atom stereocenters. The lowest BCUT2D eigenvalue weighted by atomic mass is 9.78. The van der Waals surface area contributed by atoms with Gasteiger partial charge in [0.15, 0.2) is 5.79 Å². The number of rotatable bonds is 14. The van der Waals surface area contributed by atoms with E-state index in [1.54, 1.807) is 6.92 Å². The lowest BCUT2D eigenvalue weighted by Gasteiger charge is -2.30. The molecule has 1 atom stereocenters. The van der Waals surface area contributed by atoms with Gasteiger partial charge in [0.25, 0.3) is 0 Å². The molecule has 0 aliphatic heterocycles. The predicted octanol–water partition coefficient (Wildman–Crippen LogP) is 5.10. The highest BCUT2D eigenvalue weighted by atomic mass is 16.7. The van der Waals surface area contributed by atoms with Gasteiger partial charge in [-0.3, -0.25) is 4.79 Å². The number of amides is 1. The van der Waals surface area contributed by atoms with E-state index < -0.39 is 5.79 Å². The molecular formula is C25H52N2O4. The summed E-state index contributed by atoms with van der Waals surface area (Å²) in [5.41, 5.74) is -0.0613. The van der Waals surface area contributed by atoms with Crippen molar-refractivity contribution in [1.29, 1.82) is 0 Å². The Morgan fingerprint density at radius 1 is 1.00 bits per heavy atom. The summed E-state index contributed by atoms with van der Waals surface area (Å²) >= 11 is 0. The molecule has 1 fully saturated rings. The molecule has 0 heterocycles. The summed E-state index contributed by atoms with van der Waals surface area (Å²) in [4.78, 5) is 23.5. The van der Waals surface area contributed by atoms with Crippen molar-refractivity contribution in [3.05, 3.63) is 0 Å². The van der Waals surface area contributed by atoms with Gasteiger partial charge < -0.3 is 24.9 Å². The molecule has 0 aromatic carbocycles. The summed E-state index contributed by atoms with van der Waals surface area (Å²) in [5.74, 6) is 0.0187. The van der Waals surface area contributed by atoms with Crippen molar-refractivity contribution in [2.75, 3.05) is 33.4 Å². The number of likely N-dealkylation sites (N-methyl/N-ethyl adjacent to an activating group) is 1. The van der Waals surface area contributed by atoms with Crippen molar-refractivity contribution in [3.63, 3.8) is 0 Å². The average molecular weight is 445 g/mol. The fraction of sp³-hybridized carbons (Fsp3) is 0.920. The maximum absolute atomic E-state index is 12.2. The summed E-state index contributed by atoms with van der Waals surface area (Å²) < 4.78 is 12.0. The minimum absolute atomic E-state index is 0.0429. The topological polar surface area (TPSA) is 76.7 Å². The molecule has 1 amide bonds. The van der Waals surface area contributed by atoms with Gasteiger partial charge in [-0.1, -0.05) is 48.5 Å². The second-order valence-electron chi connectivity index (χ2n) is 8.82. The van der Waals surface area contributed by atoms with E-state index in [1.807, 2.05) is 34.7 Å². The smallest absolute Gasteiger partial charge is 0.220 e. The summed E-state index contributed by atoms with van der Waals surface area (Å²) in [7, 11) is 1.91. The van der Waals surface area contributed by atoms with E-state index >= 15 is 0 Å². The van der Waals surface area contributed by atoms with Crippen LogP contribution in [-0.4, -0.2) is 50.8 Å². The zero-order chi connectivity index (χ0) is 24.3. The van der Waals surface area contributed by atoms with Gasteiger partial charge in [0.2, 0.25) is 5.91 Å². The Hall–Kier alpha value is -0.980. The monoisotopic (exact) mass is 444 g/mol. The molecular weight excluding hydrogens is 392 g/mol. The van der Waals surface area contributed by atoms with Crippen LogP contribution < -0.4 is 10.6 Å². The van der Waals surface area contributed by atoms with Crippen molar-refractivity contribution in [2.24, 2.45) is 11.3 Å². The van der Waals surface area contributed by atoms with Gasteiger partial charge in [-0.25, -0.2) is 0 Å². The number of Topliss-reactive ketones (excluding diaryl/α,β-unsaturated/α-hetero) is 1. The van der Waals surface area contributed by atoms with Gasteiger partial charge in [-0.15, -0.1) is 0 Å². The number of nitrogens with one attached hydrogen (secondary N) is 2. The van der Waals surface area contributed by atoms with Gasteiger partial charge in [0.1, 0.15) is 5.78 Å². The van der Waals surface area contributed by atoms with E-state index in [0.717, 1.165) is 38.6 Å². The van der Waals surface area contributed by atoms with Crippen molar-refractivity contribution in [2.45, 2.75) is 106 Å². The second kappa shape index (κ2) is 18.6. The first-order valence-electron chi connectivity index (χ1n) is 12.4. The van der Waals surface area contributed by atoms with Crippen LogP contribution >= 0.6 is 0 Å². The minimum Gasteiger partial charge on any atom is -0.354 e. The van der Waals surface area contributed by atoms with Crippen LogP contribution in [0.15, 0.2) is 0 Å². The van der Waals surface area contributed by atoms with E-state index in [1.165, 1.54) is 0 Å². The Morgan fingerprint density at radius 2 is 1.52 bits per heavy atom. The van der Waals surface area contributed by atoms with Crippen LogP contribution in [0.3, 0.4) is 0 Å². The molecule has 186 valence electrons. The molecule has 2 N–H and O–H groups in total. The molecule has 0 bridgehead atoms. The Kier molecular flexibility index (Phi) is 19.3. The molecule has 6 heteroatoms. The number of ketones is 1.